The highest BCUT2D eigenvalue weighted by molar-refractivity contribution is 6.31. The third-order valence-corrected chi connectivity index (χ3v) is 3.03. The van der Waals surface area contributed by atoms with Gasteiger partial charge in [-0.15, -0.1) is 0 Å². The lowest BCUT2D eigenvalue weighted by Gasteiger charge is -2.09. The molecule has 0 bridgehead atoms. The van der Waals surface area contributed by atoms with Crippen molar-refractivity contribution in [1.29, 1.82) is 0 Å². The van der Waals surface area contributed by atoms with Crippen LogP contribution in [-0.4, -0.2) is 19.4 Å². The van der Waals surface area contributed by atoms with Gasteiger partial charge in [0.05, 0.1) is 12.7 Å². The summed E-state index contributed by atoms with van der Waals surface area (Å²) >= 11 is 5.95. The van der Waals surface area contributed by atoms with Gasteiger partial charge in [-0.05, 0) is 41.6 Å². The Labute approximate surface area is 110 Å². The fourth-order valence-corrected chi connectivity index (χ4v) is 2.08. The molecule has 0 aliphatic rings. The summed E-state index contributed by atoms with van der Waals surface area (Å²) in [5.74, 6) is 0.555. The van der Waals surface area contributed by atoms with Gasteiger partial charge in [-0.1, -0.05) is 17.7 Å². The van der Waals surface area contributed by atoms with Gasteiger partial charge in [-0.3, -0.25) is 4.79 Å². The van der Waals surface area contributed by atoms with Crippen molar-refractivity contribution in [2.24, 2.45) is 5.73 Å². The minimum absolute atomic E-state index is 0.0174. The van der Waals surface area contributed by atoms with Crippen molar-refractivity contribution in [3.8, 4) is 5.75 Å². The molecule has 0 unspecified atom stereocenters. The maximum absolute atomic E-state index is 12.0. The second-order valence-electron chi connectivity index (χ2n) is 4.01. The lowest BCUT2D eigenvalue weighted by molar-refractivity contribution is 0.0982. The van der Waals surface area contributed by atoms with E-state index >= 15 is 0 Å². The average Bonchev–Trinajstić information content (AvgIpc) is 2.37. The minimum Gasteiger partial charge on any atom is -0.496 e. The molecule has 2 aromatic rings. The number of benzene rings is 2. The SMILES string of the molecule is COc1cc2ccc(Cl)cc2cc1C(=O)CCN. The van der Waals surface area contributed by atoms with E-state index < -0.39 is 0 Å². The molecule has 2 aromatic carbocycles. The molecule has 0 saturated heterocycles. The maximum Gasteiger partial charge on any atom is 0.167 e. The lowest BCUT2D eigenvalue weighted by Crippen LogP contribution is -2.09. The van der Waals surface area contributed by atoms with Gasteiger partial charge in [-0.25, -0.2) is 0 Å². The highest BCUT2D eigenvalue weighted by Crippen LogP contribution is 2.28. The van der Waals surface area contributed by atoms with Gasteiger partial charge in [0.1, 0.15) is 5.75 Å². The Morgan fingerprint density at radius 1 is 1.28 bits per heavy atom. The van der Waals surface area contributed by atoms with E-state index in [-0.39, 0.29) is 5.78 Å². The smallest absolute Gasteiger partial charge is 0.167 e. The number of hydrogen-bond donors (Lipinski definition) is 1. The van der Waals surface area contributed by atoms with Crippen LogP contribution in [0.1, 0.15) is 16.8 Å². The van der Waals surface area contributed by atoms with Gasteiger partial charge in [0, 0.05) is 11.4 Å². The molecule has 0 atom stereocenters. The first kappa shape index (κ1) is 12.9. The monoisotopic (exact) mass is 263 g/mol. The van der Waals surface area contributed by atoms with Crippen molar-refractivity contribution in [3.63, 3.8) is 0 Å². The molecule has 0 heterocycles. The van der Waals surface area contributed by atoms with Crippen LogP contribution >= 0.6 is 11.6 Å². The second-order valence-corrected chi connectivity index (χ2v) is 4.44. The Morgan fingerprint density at radius 2 is 2.06 bits per heavy atom. The van der Waals surface area contributed by atoms with Gasteiger partial charge in [0.15, 0.2) is 5.78 Å². The number of nitrogens with two attached hydrogens (primary N) is 1. The van der Waals surface area contributed by atoms with Crippen molar-refractivity contribution >= 4 is 28.2 Å². The highest BCUT2D eigenvalue weighted by Gasteiger charge is 2.13. The Kier molecular flexibility index (Phi) is 3.84. The summed E-state index contributed by atoms with van der Waals surface area (Å²) in [7, 11) is 1.55. The van der Waals surface area contributed by atoms with Crippen LogP contribution in [0, 0.1) is 0 Å². The Hall–Kier alpha value is -1.58. The number of carbonyl (C=O) groups excluding carboxylic acids is 1. The molecular formula is C14H14ClNO2. The number of hydrogen-bond acceptors (Lipinski definition) is 3. The molecular weight excluding hydrogens is 250 g/mol. The fraction of sp³-hybridized carbons (Fsp3) is 0.214. The summed E-state index contributed by atoms with van der Waals surface area (Å²) in [5.41, 5.74) is 5.97. The first-order chi connectivity index (χ1) is 8.65. The van der Waals surface area contributed by atoms with Gasteiger partial charge in [0.2, 0.25) is 0 Å². The van der Waals surface area contributed by atoms with E-state index in [2.05, 4.69) is 0 Å². The van der Waals surface area contributed by atoms with Gasteiger partial charge >= 0.3 is 0 Å². The summed E-state index contributed by atoms with van der Waals surface area (Å²) in [4.78, 5) is 12.0. The molecule has 0 aliphatic carbocycles. The predicted octanol–water partition coefficient (Wildman–Crippen LogP) is 3.03. The van der Waals surface area contributed by atoms with E-state index in [4.69, 9.17) is 22.1 Å². The Morgan fingerprint density at radius 3 is 2.72 bits per heavy atom. The van der Waals surface area contributed by atoms with Crippen LogP contribution in [0.15, 0.2) is 30.3 Å². The number of halogens is 1. The molecule has 0 spiro atoms. The maximum atomic E-state index is 12.0. The molecule has 0 aliphatic heterocycles. The van der Waals surface area contributed by atoms with Crippen LogP contribution < -0.4 is 10.5 Å². The van der Waals surface area contributed by atoms with Crippen molar-refractivity contribution < 1.29 is 9.53 Å². The number of ketones is 1. The molecule has 94 valence electrons. The summed E-state index contributed by atoms with van der Waals surface area (Å²) in [6.45, 7) is 0.329. The largest absolute Gasteiger partial charge is 0.496 e. The molecule has 0 fully saturated rings. The first-order valence-corrected chi connectivity index (χ1v) is 6.04. The van der Waals surface area contributed by atoms with E-state index in [1.165, 1.54) is 0 Å². The zero-order valence-electron chi connectivity index (χ0n) is 10.1. The molecule has 3 nitrogen and oxygen atoms in total. The molecule has 18 heavy (non-hydrogen) atoms. The molecule has 0 radical (unpaired) electrons. The van der Waals surface area contributed by atoms with Gasteiger partial charge < -0.3 is 10.5 Å². The van der Waals surface area contributed by atoms with E-state index in [0.29, 0.717) is 29.3 Å². The average molecular weight is 264 g/mol. The van der Waals surface area contributed by atoms with Crippen LogP contribution in [0.4, 0.5) is 0 Å². The molecule has 2 N–H and O–H groups in total. The zero-order chi connectivity index (χ0) is 13.1. The summed E-state index contributed by atoms with van der Waals surface area (Å²) in [5, 5.41) is 2.55. The standard InChI is InChI=1S/C14H14ClNO2/c1-18-14-8-9-2-3-11(15)6-10(9)7-12(14)13(17)4-5-16/h2-3,6-8H,4-5,16H2,1H3. The van der Waals surface area contributed by atoms with Gasteiger partial charge in [0.25, 0.3) is 0 Å². The second kappa shape index (κ2) is 5.38. The van der Waals surface area contributed by atoms with E-state index in [0.717, 1.165) is 10.8 Å². The van der Waals surface area contributed by atoms with Crippen molar-refractivity contribution in [2.45, 2.75) is 6.42 Å². The number of carbonyl (C=O) groups is 1. The van der Waals surface area contributed by atoms with Crippen molar-refractivity contribution in [1.82, 2.24) is 0 Å². The number of Topliss-reactive ketones (excluding diaryl/α,β-unsaturated/α-hetero) is 1. The van der Waals surface area contributed by atoms with E-state index in [1.54, 1.807) is 13.2 Å². The summed E-state index contributed by atoms with van der Waals surface area (Å²) in [6, 6.07) is 9.19. The van der Waals surface area contributed by atoms with Crippen LogP contribution in [0.5, 0.6) is 5.75 Å². The number of ether oxygens (including phenoxy) is 1. The number of fused-ring (bicyclic) bond motifs is 1. The molecule has 0 amide bonds. The van der Waals surface area contributed by atoms with Crippen LogP contribution in [-0.2, 0) is 0 Å². The quantitative estimate of drug-likeness (QED) is 0.863. The minimum atomic E-state index is -0.0174. The Bertz CT molecular complexity index is 596. The first-order valence-electron chi connectivity index (χ1n) is 5.66. The number of methoxy groups -OCH3 is 1. The molecule has 4 heteroatoms. The summed E-state index contributed by atoms with van der Waals surface area (Å²) in [6.07, 6.45) is 0.308. The molecule has 0 saturated carbocycles. The van der Waals surface area contributed by atoms with Crippen LogP contribution in [0.2, 0.25) is 5.02 Å². The molecule has 0 aromatic heterocycles. The predicted molar refractivity (Wildman–Crippen MR) is 73.5 cm³/mol. The Balaban J connectivity index is 2.60. The van der Waals surface area contributed by atoms with Crippen molar-refractivity contribution in [3.05, 3.63) is 40.9 Å². The van der Waals surface area contributed by atoms with Gasteiger partial charge in [-0.2, -0.15) is 0 Å². The van der Waals surface area contributed by atoms with E-state index in [1.807, 2.05) is 24.3 Å². The normalized spacial score (nSPS) is 10.6. The third kappa shape index (κ3) is 2.47. The highest BCUT2D eigenvalue weighted by atomic mass is 35.5. The summed E-state index contributed by atoms with van der Waals surface area (Å²) < 4.78 is 5.26. The fourth-order valence-electron chi connectivity index (χ4n) is 1.90. The van der Waals surface area contributed by atoms with Crippen LogP contribution in [0.25, 0.3) is 10.8 Å². The van der Waals surface area contributed by atoms with Crippen LogP contribution in [0.3, 0.4) is 0 Å². The lowest BCUT2D eigenvalue weighted by atomic mass is 10.0. The zero-order valence-corrected chi connectivity index (χ0v) is 10.8. The van der Waals surface area contributed by atoms with Crippen molar-refractivity contribution in [2.75, 3.05) is 13.7 Å². The molecule has 2 rings (SSSR count). The third-order valence-electron chi connectivity index (χ3n) is 2.79. The topological polar surface area (TPSA) is 52.3 Å². The number of rotatable bonds is 4. The van der Waals surface area contributed by atoms with E-state index in [9.17, 15) is 4.79 Å².